The van der Waals surface area contributed by atoms with Gasteiger partial charge in [-0.1, -0.05) is 17.7 Å². The molecular formula is C21H29NO6S. The second-order valence-corrected chi connectivity index (χ2v) is 10.7. The number of ketones is 1. The Morgan fingerprint density at radius 3 is 2.45 bits per heavy atom. The zero-order valence-corrected chi connectivity index (χ0v) is 18.2. The molecule has 29 heavy (non-hydrogen) atoms. The molecule has 0 spiro atoms. The fourth-order valence-electron chi connectivity index (χ4n) is 3.98. The van der Waals surface area contributed by atoms with Crippen molar-refractivity contribution in [3.8, 4) is 0 Å². The number of benzene rings is 1. The molecular weight excluding hydrogens is 394 g/mol. The van der Waals surface area contributed by atoms with E-state index in [0.717, 1.165) is 5.56 Å². The highest BCUT2D eigenvalue weighted by molar-refractivity contribution is 7.86. The summed E-state index contributed by atoms with van der Waals surface area (Å²) in [5, 5.41) is 0. The highest BCUT2D eigenvalue weighted by Gasteiger charge is 2.45. The van der Waals surface area contributed by atoms with Crippen LogP contribution >= 0.6 is 0 Å². The van der Waals surface area contributed by atoms with E-state index >= 15 is 0 Å². The van der Waals surface area contributed by atoms with E-state index in [-0.39, 0.29) is 41.5 Å². The van der Waals surface area contributed by atoms with Crippen molar-refractivity contribution < 1.29 is 26.9 Å². The lowest BCUT2D eigenvalue weighted by molar-refractivity contribution is -0.127. The summed E-state index contributed by atoms with van der Waals surface area (Å²) in [5.74, 6) is -0.303. The third kappa shape index (κ3) is 5.36. The summed E-state index contributed by atoms with van der Waals surface area (Å²) in [6.07, 6.45) is 0.515. The number of hydrogen-bond acceptors (Lipinski definition) is 6. The minimum Gasteiger partial charge on any atom is -0.444 e. The highest BCUT2D eigenvalue weighted by Crippen LogP contribution is 2.38. The van der Waals surface area contributed by atoms with Crippen LogP contribution in [0.1, 0.15) is 39.2 Å². The molecule has 1 amide bonds. The SMILES string of the molecule is Cc1ccc(S(=O)(=O)OCC2CC(=O)C3CN(C(=O)OC(C)(C)C)CC3C2)cc1. The third-order valence-electron chi connectivity index (χ3n) is 5.40. The first-order valence-corrected chi connectivity index (χ1v) is 11.3. The second kappa shape index (κ2) is 8.07. The lowest BCUT2D eigenvalue weighted by atomic mass is 9.75. The molecule has 3 atom stereocenters. The maximum absolute atomic E-state index is 12.6. The Balaban J connectivity index is 1.59. The van der Waals surface area contributed by atoms with Gasteiger partial charge in [0.15, 0.2) is 0 Å². The van der Waals surface area contributed by atoms with Crippen molar-refractivity contribution in [1.29, 1.82) is 0 Å². The smallest absolute Gasteiger partial charge is 0.410 e. The van der Waals surface area contributed by atoms with E-state index in [9.17, 15) is 18.0 Å². The summed E-state index contributed by atoms with van der Waals surface area (Å²) >= 11 is 0. The summed E-state index contributed by atoms with van der Waals surface area (Å²) in [6.45, 7) is 8.09. The summed E-state index contributed by atoms with van der Waals surface area (Å²) in [7, 11) is -3.86. The molecule has 1 aliphatic carbocycles. The molecule has 7 nitrogen and oxygen atoms in total. The van der Waals surface area contributed by atoms with Crippen LogP contribution in [0.2, 0.25) is 0 Å². The van der Waals surface area contributed by atoms with Crippen LogP contribution in [0.25, 0.3) is 0 Å². The lowest BCUT2D eigenvalue weighted by Gasteiger charge is -2.29. The minimum atomic E-state index is -3.86. The van der Waals surface area contributed by atoms with E-state index in [2.05, 4.69) is 0 Å². The van der Waals surface area contributed by atoms with E-state index in [4.69, 9.17) is 8.92 Å². The van der Waals surface area contributed by atoms with Gasteiger partial charge in [-0.2, -0.15) is 8.42 Å². The van der Waals surface area contributed by atoms with Gasteiger partial charge in [-0.05, 0) is 58.1 Å². The monoisotopic (exact) mass is 423 g/mol. The summed E-state index contributed by atoms with van der Waals surface area (Å²) in [6, 6.07) is 6.47. The molecule has 1 saturated heterocycles. The van der Waals surface area contributed by atoms with Crippen molar-refractivity contribution in [2.45, 2.75) is 51.0 Å². The van der Waals surface area contributed by atoms with E-state index in [1.807, 2.05) is 6.92 Å². The van der Waals surface area contributed by atoms with Crippen molar-refractivity contribution in [3.63, 3.8) is 0 Å². The zero-order valence-electron chi connectivity index (χ0n) is 17.4. The van der Waals surface area contributed by atoms with Crippen LogP contribution in [0, 0.1) is 24.7 Å². The Labute approximate surface area is 172 Å². The number of likely N-dealkylation sites (tertiary alicyclic amines) is 1. The molecule has 0 bridgehead atoms. The molecule has 1 aromatic carbocycles. The van der Waals surface area contributed by atoms with Gasteiger partial charge < -0.3 is 9.64 Å². The van der Waals surface area contributed by atoms with Crippen LogP contribution in [-0.4, -0.2) is 50.5 Å². The first kappa shape index (κ1) is 21.8. The van der Waals surface area contributed by atoms with Crippen molar-refractivity contribution in [2.24, 2.45) is 17.8 Å². The number of nitrogens with zero attached hydrogens (tertiary/aromatic N) is 1. The third-order valence-corrected chi connectivity index (χ3v) is 6.70. The zero-order chi connectivity index (χ0) is 21.4. The van der Waals surface area contributed by atoms with Crippen LogP contribution in [0.3, 0.4) is 0 Å². The Hall–Kier alpha value is -1.93. The first-order valence-electron chi connectivity index (χ1n) is 9.91. The summed E-state index contributed by atoms with van der Waals surface area (Å²) in [5.41, 5.74) is 0.374. The van der Waals surface area contributed by atoms with Crippen molar-refractivity contribution in [2.75, 3.05) is 19.7 Å². The molecule has 2 fully saturated rings. The van der Waals surface area contributed by atoms with Gasteiger partial charge in [-0.3, -0.25) is 8.98 Å². The van der Waals surface area contributed by atoms with Crippen LogP contribution in [0.4, 0.5) is 4.79 Å². The number of fused-ring (bicyclic) bond motifs is 1. The van der Waals surface area contributed by atoms with Gasteiger partial charge in [0, 0.05) is 25.4 Å². The summed E-state index contributed by atoms with van der Waals surface area (Å²) in [4.78, 5) is 26.6. The number of hydrogen-bond donors (Lipinski definition) is 0. The van der Waals surface area contributed by atoms with Gasteiger partial charge in [0.2, 0.25) is 0 Å². The molecule has 8 heteroatoms. The molecule has 3 unspecified atom stereocenters. The number of carbonyl (C=O) groups is 2. The number of amides is 1. The Morgan fingerprint density at radius 1 is 1.17 bits per heavy atom. The maximum Gasteiger partial charge on any atom is 0.410 e. The van der Waals surface area contributed by atoms with Gasteiger partial charge in [0.1, 0.15) is 11.4 Å². The van der Waals surface area contributed by atoms with Crippen molar-refractivity contribution in [1.82, 2.24) is 4.90 Å². The molecule has 1 saturated carbocycles. The predicted molar refractivity (Wildman–Crippen MR) is 107 cm³/mol. The van der Waals surface area contributed by atoms with Gasteiger partial charge in [0.25, 0.3) is 10.1 Å². The van der Waals surface area contributed by atoms with E-state index in [0.29, 0.717) is 19.5 Å². The van der Waals surface area contributed by atoms with Crippen molar-refractivity contribution >= 4 is 22.0 Å². The molecule has 0 N–H and O–H groups in total. The molecule has 0 aromatic heterocycles. The number of aryl methyl sites for hydroxylation is 1. The molecule has 1 aliphatic heterocycles. The molecule has 0 radical (unpaired) electrons. The molecule has 1 heterocycles. The number of rotatable bonds is 4. The second-order valence-electron chi connectivity index (χ2n) is 9.08. The van der Waals surface area contributed by atoms with Crippen LogP contribution in [0.15, 0.2) is 29.2 Å². The maximum atomic E-state index is 12.6. The quantitative estimate of drug-likeness (QED) is 0.691. The van der Waals surface area contributed by atoms with E-state index < -0.39 is 21.8 Å². The normalized spacial score (nSPS) is 25.0. The van der Waals surface area contributed by atoms with Gasteiger partial charge >= 0.3 is 6.09 Å². The molecule has 160 valence electrons. The number of Topliss-reactive ketones (excluding diaryl/α,β-unsaturated/α-hetero) is 1. The lowest BCUT2D eigenvalue weighted by Crippen LogP contribution is -2.36. The van der Waals surface area contributed by atoms with Gasteiger partial charge in [0.05, 0.1) is 11.5 Å². The molecule has 2 aliphatic rings. The highest BCUT2D eigenvalue weighted by atomic mass is 32.2. The Morgan fingerprint density at radius 2 is 1.83 bits per heavy atom. The van der Waals surface area contributed by atoms with Crippen LogP contribution in [-0.2, 0) is 23.8 Å². The number of carbonyl (C=O) groups excluding carboxylic acids is 2. The van der Waals surface area contributed by atoms with Gasteiger partial charge in [-0.25, -0.2) is 4.79 Å². The van der Waals surface area contributed by atoms with Crippen LogP contribution < -0.4 is 0 Å². The molecule has 3 rings (SSSR count). The van der Waals surface area contributed by atoms with E-state index in [1.54, 1.807) is 37.8 Å². The average Bonchev–Trinajstić information content (AvgIpc) is 3.04. The van der Waals surface area contributed by atoms with E-state index in [1.165, 1.54) is 12.1 Å². The average molecular weight is 424 g/mol. The number of ether oxygens (including phenoxy) is 1. The minimum absolute atomic E-state index is 0.0134. The Kier molecular flexibility index (Phi) is 6.06. The summed E-state index contributed by atoms with van der Waals surface area (Å²) < 4.78 is 35.4. The predicted octanol–water partition coefficient (Wildman–Crippen LogP) is 3.16. The Bertz CT molecular complexity index is 871. The standard InChI is InChI=1S/C21H29NO6S/c1-14-5-7-17(8-6-14)29(25,26)27-13-15-9-16-11-22(12-18(16)19(23)10-15)20(24)28-21(2,3)4/h5-8,15-16,18H,9-13H2,1-4H3. The fourth-order valence-corrected chi connectivity index (χ4v) is 4.96. The molecule has 1 aromatic rings. The van der Waals surface area contributed by atoms with Gasteiger partial charge in [-0.15, -0.1) is 0 Å². The largest absolute Gasteiger partial charge is 0.444 e. The first-order chi connectivity index (χ1) is 13.4. The fraction of sp³-hybridized carbons (Fsp3) is 0.619. The van der Waals surface area contributed by atoms with Crippen LogP contribution in [0.5, 0.6) is 0 Å². The topological polar surface area (TPSA) is 90.0 Å². The van der Waals surface area contributed by atoms with Crippen molar-refractivity contribution in [3.05, 3.63) is 29.8 Å².